The molecule has 2 aromatic heterocycles. The molecule has 5 aromatic rings. The van der Waals surface area contributed by atoms with Crippen LogP contribution >= 0.6 is 0 Å². The molecule has 0 spiro atoms. The number of nitrogen functional groups attached to an aromatic ring is 1. The number of aromatic nitrogens is 5. The summed E-state index contributed by atoms with van der Waals surface area (Å²) in [5, 5.41) is 16.8. The van der Waals surface area contributed by atoms with Crippen molar-refractivity contribution >= 4 is 27.8 Å². The number of hydrogen-bond donors (Lipinski definition) is 3. The van der Waals surface area contributed by atoms with E-state index in [9.17, 15) is 8.76 Å². The first-order chi connectivity index (χ1) is 15.6. The van der Waals surface area contributed by atoms with Gasteiger partial charge in [-0.15, -0.1) is 5.10 Å². The lowest BCUT2D eigenvalue weighted by Crippen LogP contribution is -2.04. The zero-order chi connectivity index (χ0) is 22.1. The van der Waals surface area contributed by atoms with Gasteiger partial charge in [0.1, 0.15) is 5.69 Å². The molecule has 0 aliphatic heterocycles. The molecule has 32 heavy (non-hydrogen) atoms. The van der Waals surface area contributed by atoms with Crippen molar-refractivity contribution in [2.24, 2.45) is 0 Å². The fourth-order valence-electron chi connectivity index (χ4n) is 3.74. The molecule has 1 atom stereocenters. The smallest absolute Gasteiger partial charge is 0.157 e. The van der Waals surface area contributed by atoms with Crippen LogP contribution < -0.4 is 5.73 Å². The summed E-state index contributed by atoms with van der Waals surface area (Å²) in [4.78, 5) is 0. The number of H-pyrrole nitrogens is 1. The van der Waals surface area contributed by atoms with Crippen molar-refractivity contribution in [3.8, 4) is 22.5 Å². The summed E-state index contributed by atoms with van der Waals surface area (Å²) in [7, 11) is 0. The second-order valence-corrected chi connectivity index (χ2v) is 8.39. The summed E-state index contributed by atoms with van der Waals surface area (Å²) in [6, 6.07) is 23.5. The molecule has 2 heterocycles. The maximum Gasteiger partial charge on any atom is 0.157 e. The van der Waals surface area contributed by atoms with Gasteiger partial charge in [0.05, 0.1) is 23.5 Å². The van der Waals surface area contributed by atoms with E-state index >= 15 is 0 Å². The molecule has 0 saturated carbocycles. The average Bonchev–Trinajstić information content (AvgIpc) is 3.38. The van der Waals surface area contributed by atoms with Crippen molar-refractivity contribution in [1.29, 1.82) is 0 Å². The van der Waals surface area contributed by atoms with E-state index in [1.54, 1.807) is 0 Å². The molecule has 160 valence electrons. The largest absolute Gasteiger partial charge is 0.382 e. The van der Waals surface area contributed by atoms with Crippen LogP contribution in [0.15, 0.2) is 72.8 Å². The summed E-state index contributed by atoms with van der Waals surface area (Å²) in [6.45, 7) is 0.557. The molecular formula is C23H20N6O2S. The van der Waals surface area contributed by atoms with Crippen molar-refractivity contribution in [2.75, 3.05) is 5.73 Å². The summed E-state index contributed by atoms with van der Waals surface area (Å²) < 4.78 is 22.2. The number of nitrogens with two attached hydrogens (primary N) is 1. The first-order valence-corrected chi connectivity index (χ1v) is 11.2. The molecule has 1 unspecified atom stereocenters. The Hall–Kier alpha value is -3.82. The highest BCUT2D eigenvalue weighted by Crippen LogP contribution is 2.33. The fourth-order valence-corrected chi connectivity index (χ4v) is 4.22. The third-order valence-electron chi connectivity index (χ3n) is 5.29. The molecule has 9 heteroatoms. The first-order valence-electron chi connectivity index (χ1n) is 9.96. The van der Waals surface area contributed by atoms with E-state index in [-0.39, 0.29) is 5.75 Å². The van der Waals surface area contributed by atoms with E-state index in [1.807, 2.05) is 77.5 Å². The average molecular weight is 445 g/mol. The first kappa shape index (κ1) is 20.1. The van der Waals surface area contributed by atoms with Gasteiger partial charge >= 0.3 is 0 Å². The summed E-state index contributed by atoms with van der Waals surface area (Å²) >= 11 is -1.89. The van der Waals surface area contributed by atoms with Gasteiger partial charge in [0.15, 0.2) is 16.9 Å². The van der Waals surface area contributed by atoms with Gasteiger partial charge in [-0.2, -0.15) is 5.10 Å². The number of nitrogens with zero attached hydrogens (tertiary/aromatic N) is 4. The van der Waals surface area contributed by atoms with Crippen molar-refractivity contribution < 1.29 is 8.76 Å². The van der Waals surface area contributed by atoms with Gasteiger partial charge in [-0.1, -0.05) is 65.9 Å². The number of aromatic amines is 1. The van der Waals surface area contributed by atoms with Gasteiger partial charge in [-0.05, 0) is 23.3 Å². The predicted molar refractivity (Wildman–Crippen MR) is 125 cm³/mol. The Morgan fingerprint density at radius 2 is 1.72 bits per heavy atom. The minimum Gasteiger partial charge on any atom is -0.382 e. The minimum atomic E-state index is -1.89. The second kappa shape index (κ2) is 8.37. The van der Waals surface area contributed by atoms with Crippen LogP contribution in [0.2, 0.25) is 0 Å². The van der Waals surface area contributed by atoms with Crippen LogP contribution in [0.1, 0.15) is 11.1 Å². The van der Waals surface area contributed by atoms with Crippen LogP contribution in [0, 0.1) is 0 Å². The van der Waals surface area contributed by atoms with Crippen LogP contribution in [-0.4, -0.2) is 34.0 Å². The summed E-state index contributed by atoms with van der Waals surface area (Å²) in [6.07, 6.45) is 0. The lowest BCUT2D eigenvalue weighted by molar-refractivity contribution is 0.563. The van der Waals surface area contributed by atoms with Crippen LogP contribution in [-0.2, 0) is 23.4 Å². The molecular weight excluding hydrogens is 424 g/mol. The van der Waals surface area contributed by atoms with E-state index in [2.05, 4.69) is 20.5 Å². The number of rotatable bonds is 6. The Bertz CT molecular complexity index is 1410. The van der Waals surface area contributed by atoms with Gasteiger partial charge < -0.3 is 10.3 Å². The van der Waals surface area contributed by atoms with Gasteiger partial charge in [0.2, 0.25) is 0 Å². The molecule has 0 aliphatic rings. The lowest BCUT2D eigenvalue weighted by atomic mass is 10.0. The maximum atomic E-state index is 11.2. The Labute approximate surface area is 186 Å². The maximum absolute atomic E-state index is 11.2. The molecule has 0 saturated heterocycles. The third kappa shape index (κ3) is 3.91. The van der Waals surface area contributed by atoms with Crippen LogP contribution in [0.4, 0.5) is 5.82 Å². The molecule has 0 fully saturated rings. The highest BCUT2D eigenvalue weighted by molar-refractivity contribution is 7.78. The number of anilines is 1. The Balaban J connectivity index is 1.63. The van der Waals surface area contributed by atoms with E-state index in [1.165, 1.54) is 0 Å². The topological polar surface area (TPSA) is 123 Å². The monoisotopic (exact) mass is 444 g/mol. The highest BCUT2D eigenvalue weighted by Gasteiger charge is 2.18. The zero-order valence-electron chi connectivity index (χ0n) is 17.0. The van der Waals surface area contributed by atoms with E-state index < -0.39 is 11.1 Å². The highest BCUT2D eigenvalue weighted by atomic mass is 32.2. The molecule has 4 N–H and O–H groups in total. The SMILES string of the molecule is Nc1n[nH]c2ccc(-c3nnn(Cc4ccccc4)c3-c3ccc(CS(=O)O)cc3)cc12. The minimum absolute atomic E-state index is 0.0884. The normalized spacial score (nSPS) is 12.3. The molecule has 8 nitrogen and oxygen atoms in total. The molecule has 5 rings (SSSR count). The molecule has 0 radical (unpaired) electrons. The van der Waals surface area contributed by atoms with Crippen LogP contribution in [0.25, 0.3) is 33.4 Å². The number of fused-ring (bicyclic) bond motifs is 1. The van der Waals surface area contributed by atoms with Crippen molar-refractivity contribution in [3.05, 3.63) is 83.9 Å². The van der Waals surface area contributed by atoms with Crippen molar-refractivity contribution in [3.63, 3.8) is 0 Å². The second-order valence-electron chi connectivity index (χ2n) is 7.46. The quantitative estimate of drug-likeness (QED) is 0.342. The molecule has 0 bridgehead atoms. The van der Waals surface area contributed by atoms with E-state index in [0.717, 1.165) is 44.5 Å². The van der Waals surface area contributed by atoms with Gasteiger partial charge in [-0.3, -0.25) is 5.10 Å². The number of hydrogen-bond acceptors (Lipinski definition) is 5. The number of benzene rings is 3. The lowest BCUT2D eigenvalue weighted by Gasteiger charge is -2.10. The van der Waals surface area contributed by atoms with Crippen LogP contribution in [0.3, 0.4) is 0 Å². The predicted octanol–water partition coefficient (Wildman–Crippen LogP) is 3.84. The fraction of sp³-hybridized carbons (Fsp3) is 0.0870. The van der Waals surface area contributed by atoms with Crippen molar-refractivity contribution in [1.82, 2.24) is 25.2 Å². The summed E-state index contributed by atoms with van der Waals surface area (Å²) in [5.74, 6) is 0.520. The molecule has 0 amide bonds. The standard InChI is InChI=1S/C23H20N6O2S/c24-23-19-12-18(10-11-20(19)25-27-23)21-22(17-8-6-16(7-9-17)14-32(30)31)29(28-26-21)13-15-4-2-1-3-5-15/h1-12H,13-14H2,(H,30,31)(H3,24,25,27). The van der Waals surface area contributed by atoms with E-state index in [0.29, 0.717) is 12.4 Å². The summed E-state index contributed by atoms with van der Waals surface area (Å²) in [5.41, 5.74) is 12.1. The van der Waals surface area contributed by atoms with Crippen LogP contribution in [0.5, 0.6) is 0 Å². The third-order valence-corrected chi connectivity index (χ3v) is 5.87. The van der Waals surface area contributed by atoms with Crippen molar-refractivity contribution in [2.45, 2.75) is 12.3 Å². The van der Waals surface area contributed by atoms with E-state index in [4.69, 9.17) is 5.73 Å². The molecule has 3 aromatic carbocycles. The Morgan fingerprint density at radius 1 is 0.969 bits per heavy atom. The van der Waals surface area contributed by atoms with Gasteiger partial charge in [0, 0.05) is 16.5 Å². The van der Waals surface area contributed by atoms with Gasteiger partial charge in [0.25, 0.3) is 0 Å². The molecule has 0 aliphatic carbocycles. The Morgan fingerprint density at radius 3 is 2.47 bits per heavy atom. The Kier molecular flexibility index (Phi) is 5.26. The number of nitrogens with one attached hydrogen (secondary N) is 1. The van der Waals surface area contributed by atoms with Gasteiger partial charge in [-0.25, -0.2) is 8.89 Å². The zero-order valence-corrected chi connectivity index (χ0v) is 17.8.